The normalized spacial score (nSPS) is 19.3. The predicted octanol–water partition coefficient (Wildman–Crippen LogP) is 3.66. The Morgan fingerprint density at radius 1 is 1.13 bits per heavy atom. The van der Waals surface area contributed by atoms with Crippen molar-refractivity contribution in [3.8, 4) is 0 Å². The van der Waals surface area contributed by atoms with Crippen molar-refractivity contribution in [1.29, 1.82) is 0 Å². The van der Waals surface area contributed by atoms with Crippen molar-refractivity contribution >= 4 is 64.0 Å². The van der Waals surface area contributed by atoms with Crippen LogP contribution < -0.4 is 16.0 Å². The topological polar surface area (TPSA) is 119 Å². The first kappa shape index (κ1) is 28.4. The number of aromatic amines is 1. The molecule has 0 radical (unpaired) electrons. The molecule has 1 aromatic carbocycles. The van der Waals surface area contributed by atoms with Gasteiger partial charge >= 0.3 is 0 Å². The minimum absolute atomic E-state index is 0. The zero-order valence-electron chi connectivity index (χ0n) is 21.1. The second-order valence-electron chi connectivity index (χ2n) is 9.76. The largest absolute Gasteiger partial charge is 0.355 e. The number of benzene rings is 1. The molecule has 3 heterocycles. The van der Waals surface area contributed by atoms with Gasteiger partial charge in [-0.25, -0.2) is 4.98 Å². The Kier molecular flexibility index (Phi) is 9.30. The van der Waals surface area contributed by atoms with Crippen LogP contribution in [0.3, 0.4) is 0 Å². The molecular formula is C26H32Cl2N6O3S. The Hall–Kier alpha value is -2.66. The molecule has 3 amide bonds. The summed E-state index contributed by atoms with van der Waals surface area (Å²) < 4.78 is 0. The molecule has 2 atom stereocenters. The van der Waals surface area contributed by atoms with Crippen molar-refractivity contribution in [2.75, 3.05) is 19.6 Å². The molecule has 1 aliphatic heterocycles. The number of aromatic nitrogens is 2. The Labute approximate surface area is 236 Å². The van der Waals surface area contributed by atoms with E-state index in [1.54, 1.807) is 12.1 Å². The van der Waals surface area contributed by atoms with Gasteiger partial charge in [0.25, 0.3) is 11.8 Å². The van der Waals surface area contributed by atoms with Gasteiger partial charge < -0.3 is 20.9 Å². The number of amides is 3. The van der Waals surface area contributed by atoms with E-state index in [2.05, 4.69) is 30.8 Å². The average molecular weight is 580 g/mol. The molecule has 2 aliphatic rings. The van der Waals surface area contributed by atoms with Gasteiger partial charge in [-0.3, -0.25) is 19.3 Å². The number of carbonyl (C=O) groups excluding carboxylic acids is 3. The summed E-state index contributed by atoms with van der Waals surface area (Å²) in [6, 6.07) is 6.96. The number of hydrogen-bond acceptors (Lipinski definition) is 6. The summed E-state index contributed by atoms with van der Waals surface area (Å²) in [5, 5.41) is 11.1. The van der Waals surface area contributed by atoms with E-state index in [1.165, 1.54) is 18.3 Å². The van der Waals surface area contributed by atoms with Crippen molar-refractivity contribution in [3.63, 3.8) is 0 Å². The fraction of sp³-hybridized carbons (Fsp3) is 0.462. The molecule has 4 N–H and O–H groups in total. The Balaban J connectivity index is 0.00000336. The van der Waals surface area contributed by atoms with Crippen LogP contribution in [0.1, 0.15) is 63.5 Å². The van der Waals surface area contributed by atoms with Crippen molar-refractivity contribution in [3.05, 3.63) is 50.6 Å². The molecule has 1 fully saturated rings. The number of thiazole rings is 1. The van der Waals surface area contributed by atoms with Gasteiger partial charge in [0.2, 0.25) is 5.91 Å². The van der Waals surface area contributed by atoms with Crippen LogP contribution in [0, 0.1) is 0 Å². The number of halogens is 2. The van der Waals surface area contributed by atoms with Gasteiger partial charge in [0, 0.05) is 72.4 Å². The molecular weight excluding hydrogens is 547 g/mol. The van der Waals surface area contributed by atoms with Crippen LogP contribution in [0.25, 0.3) is 10.9 Å². The Morgan fingerprint density at radius 2 is 1.87 bits per heavy atom. The van der Waals surface area contributed by atoms with Crippen LogP contribution in [-0.4, -0.2) is 64.3 Å². The lowest BCUT2D eigenvalue weighted by Gasteiger charge is -2.32. The maximum Gasteiger partial charge on any atom is 0.280 e. The third-order valence-electron chi connectivity index (χ3n) is 7.03. The van der Waals surface area contributed by atoms with E-state index in [0.717, 1.165) is 73.2 Å². The highest BCUT2D eigenvalue weighted by Crippen LogP contribution is 2.26. The van der Waals surface area contributed by atoms with Gasteiger partial charge in [0.1, 0.15) is 5.69 Å². The maximum atomic E-state index is 13.2. The summed E-state index contributed by atoms with van der Waals surface area (Å²) in [6.45, 7) is 4.48. The van der Waals surface area contributed by atoms with Gasteiger partial charge in [-0.2, -0.15) is 0 Å². The van der Waals surface area contributed by atoms with E-state index >= 15 is 0 Å². The summed E-state index contributed by atoms with van der Waals surface area (Å²) in [6.07, 6.45) is 4.40. The number of nitrogens with zero attached hydrogens (tertiary/aromatic N) is 2. The number of carbonyl (C=O) groups is 3. The number of hydrogen-bond donors (Lipinski definition) is 4. The van der Waals surface area contributed by atoms with E-state index < -0.39 is 0 Å². The van der Waals surface area contributed by atoms with E-state index in [4.69, 9.17) is 11.6 Å². The minimum atomic E-state index is -0.192. The molecule has 1 saturated carbocycles. The third-order valence-corrected chi connectivity index (χ3v) is 8.35. The van der Waals surface area contributed by atoms with Crippen LogP contribution in [0.2, 0.25) is 5.02 Å². The van der Waals surface area contributed by atoms with E-state index in [1.807, 2.05) is 12.1 Å². The number of fused-ring (bicyclic) bond motifs is 2. The molecule has 0 bridgehead atoms. The quantitative estimate of drug-likeness (QED) is 0.341. The molecule has 38 heavy (non-hydrogen) atoms. The molecule has 1 aliphatic carbocycles. The maximum absolute atomic E-state index is 13.2. The molecule has 9 nitrogen and oxygen atoms in total. The first-order valence-corrected chi connectivity index (χ1v) is 13.9. The highest BCUT2D eigenvalue weighted by molar-refractivity contribution is 7.13. The van der Waals surface area contributed by atoms with E-state index in [-0.39, 0.29) is 42.2 Å². The Morgan fingerprint density at radius 3 is 2.61 bits per heavy atom. The SMILES string of the molecule is CC(=O)NCCN1CCc2nc(C(=O)N[C@@H]3CCCC[C@@H]3NC(=O)c3cc4cc(Cl)ccc4[nH]3)sc2C1.Cl. The van der Waals surface area contributed by atoms with Gasteiger partial charge in [0.15, 0.2) is 5.01 Å². The molecule has 0 spiro atoms. The lowest BCUT2D eigenvalue weighted by Crippen LogP contribution is -2.53. The first-order valence-electron chi connectivity index (χ1n) is 12.7. The Bertz CT molecular complexity index is 1330. The fourth-order valence-electron chi connectivity index (χ4n) is 5.10. The summed E-state index contributed by atoms with van der Waals surface area (Å²) in [4.78, 5) is 48.4. The first-order chi connectivity index (χ1) is 17.9. The van der Waals surface area contributed by atoms with Crippen molar-refractivity contribution in [2.24, 2.45) is 0 Å². The van der Waals surface area contributed by atoms with Crippen LogP contribution in [0.4, 0.5) is 0 Å². The zero-order valence-corrected chi connectivity index (χ0v) is 23.5. The summed E-state index contributed by atoms with van der Waals surface area (Å²) >= 11 is 7.51. The van der Waals surface area contributed by atoms with Crippen LogP contribution >= 0.6 is 35.3 Å². The van der Waals surface area contributed by atoms with Gasteiger partial charge in [-0.15, -0.1) is 23.7 Å². The highest BCUT2D eigenvalue weighted by Gasteiger charge is 2.30. The van der Waals surface area contributed by atoms with Crippen molar-refractivity contribution in [2.45, 2.75) is 57.7 Å². The lowest BCUT2D eigenvalue weighted by atomic mass is 9.90. The number of rotatable bonds is 7. The number of H-pyrrole nitrogens is 1. The molecule has 12 heteroatoms. The minimum Gasteiger partial charge on any atom is -0.355 e. The lowest BCUT2D eigenvalue weighted by molar-refractivity contribution is -0.119. The molecule has 2 aromatic heterocycles. The monoisotopic (exact) mass is 578 g/mol. The van der Waals surface area contributed by atoms with Crippen LogP contribution in [-0.2, 0) is 17.8 Å². The van der Waals surface area contributed by atoms with Gasteiger partial charge in [-0.1, -0.05) is 24.4 Å². The van der Waals surface area contributed by atoms with Crippen molar-refractivity contribution < 1.29 is 14.4 Å². The summed E-state index contributed by atoms with van der Waals surface area (Å²) in [5.41, 5.74) is 2.31. The zero-order chi connectivity index (χ0) is 25.9. The third kappa shape index (κ3) is 6.66. The molecule has 0 saturated heterocycles. The predicted molar refractivity (Wildman–Crippen MR) is 151 cm³/mol. The second-order valence-corrected chi connectivity index (χ2v) is 11.3. The molecule has 5 rings (SSSR count). The second kappa shape index (κ2) is 12.5. The fourth-order valence-corrected chi connectivity index (χ4v) is 6.34. The van der Waals surface area contributed by atoms with Crippen LogP contribution in [0.5, 0.6) is 0 Å². The standard InChI is InChI=1S/C26H31ClN6O3S.ClH/c1-15(34)28-9-11-33-10-8-21-23(14-33)37-26(32-21)25(36)31-20-5-3-2-4-19(20)30-24(35)22-13-16-12-17(27)6-7-18(16)29-22;/h6-7,12-13,19-20,29H,2-5,8-11,14H2,1H3,(H,28,34)(H,30,35)(H,31,36);1H/t19-,20+;/m0./s1. The average Bonchev–Trinajstić information content (AvgIpc) is 3.49. The molecule has 3 aromatic rings. The number of nitrogens with one attached hydrogen (secondary N) is 4. The van der Waals surface area contributed by atoms with Gasteiger partial charge in [0.05, 0.1) is 5.69 Å². The summed E-state index contributed by atoms with van der Waals surface area (Å²) in [5.74, 6) is -0.406. The molecule has 0 unspecified atom stereocenters. The smallest absolute Gasteiger partial charge is 0.280 e. The van der Waals surface area contributed by atoms with Gasteiger partial charge in [-0.05, 0) is 37.1 Å². The molecule has 204 valence electrons. The van der Waals surface area contributed by atoms with Crippen molar-refractivity contribution in [1.82, 2.24) is 30.8 Å². The summed E-state index contributed by atoms with van der Waals surface area (Å²) in [7, 11) is 0. The van der Waals surface area contributed by atoms with E-state index in [9.17, 15) is 14.4 Å². The van der Waals surface area contributed by atoms with E-state index in [0.29, 0.717) is 22.3 Å². The van der Waals surface area contributed by atoms with Crippen LogP contribution in [0.15, 0.2) is 24.3 Å². The highest BCUT2D eigenvalue weighted by atomic mass is 35.5.